The van der Waals surface area contributed by atoms with E-state index in [0.29, 0.717) is 12.2 Å². The summed E-state index contributed by atoms with van der Waals surface area (Å²) in [5, 5.41) is 7.78. The van der Waals surface area contributed by atoms with E-state index in [1.807, 2.05) is 32.0 Å². The van der Waals surface area contributed by atoms with E-state index in [1.165, 1.54) is 6.20 Å². The van der Waals surface area contributed by atoms with Crippen LogP contribution in [-0.4, -0.2) is 20.8 Å². The maximum atomic E-state index is 12.5. The molecule has 0 saturated heterocycles. The van der Waals surface area contributed by atoms with E-state index in [-0.39, 0.29) is 5.78 Å². The first-order chi connectivity index (χ1) is 8.65. The Kier molecular flexibility index (Phi) is 4.11. The van der Waals surface area contributed by atoms with Crippen LogP contribution in [0.1, 0.15) is 35.0 Å². The van der Waals surface area contributed by atoms with E-state index in [2.05, 4.69) is 32.9 Å². The molecule has 18 heavy (non-hydrogen) atoms. The minimum atomic E-state index is -0.0125. The van der Waals surface area contributed by atoms with E-state index in [0.717, 1.165) is 21.1 Å². The summed E-state index contributed by atoms with van der Waals surface area (Å²) >= 11 is 2.21. The summed E-state index contributed by atoms with van der Waals surface area (Å²) in [7, 11) is 0. The number of ketones is 1. The maximum Gasteiger partial charge on any atom is 0.213 e. The van der Waals surface area contributed by atoms with Crippen LogP contribution >= 0.6 is 22.6 Å². The van der Waals surface area contributed by atoms with Gasteiger partial charge in [0.1, 0.15) is 5.69 Å². The molecule has 0 bridgehead atoms. The Hall–Kier alpha value is -1.24. The highest BCUT2D eigenvalue weighted by Gasteiger charge is 2.18. The van der Waals surface area contributed by atoms with Crippen LogP contribution in [0.3, 0.4) is 0 Å². The molecule has 1 aromatic heterocycles. The standard InChI is InChI=1S/C13H14IN3O/c1-3-7-17-11(8-15-16-17)13(18)10-6-4-5-9(2)12(10)14/h4-6,8H,3,7H2,1-2H3. The van der Waals surface area contributed by atoms with Gasteiger partial charge in [0, 0.05) is 15.7 Å². The SMILES string of the molecule is CCCn1nncc1C(=O)c1cccc(C)c1I. The van der Waals surface area contributed by atoms with Crippen LogP contribution in [0.4, 0.5) is 0 Å². The fourth-order valence-corrected chi connectivity index (χ4v) is 2.38. The summed E-state index contributed by atoms with van der Waals surface area (Å²) in [5.41, 5.74) is 2.38. The van der Waals surface area contributed by atoms with Crippen molar-refractivity contribution < 1.29 is 4.79 Å². The third-order valence-electron chi connectivity index (χ3n) is 2.72. The topological polar surface area (TPSA) is 47.8 Å². The van der Waals surface area contributed by atoms with Crippen LogP contribution in [0.2, 0.25) is 0 Å². The van der Waals surface area contributed by atoms with Gasteiger partial charge in [-0.1, -0.05) is 24.3 Å². The van der Waals surface area contributed by atoms with Crippen molar-refractivity contribution in [2.45, 2.75) is 26.8 Å². The Labute approximate surface area is 120 Å². The van der Waals surface area contributed by atoms with Gasteiger partial charge >= 0.3 is 0 Å². The lowest BCUT2D eigenvalue weighted by Crippen LogP contribution is -2.13. The molecule has 0 aliphatic rings. The number of nitrogens with zero attached hydrogens (tertiary/aromatic N) is 3. The van der Waals surface area contributed by atoms with Crippen LogP contribution in [-0.2, 0) is 6.54 Å². The molecule has 0 amide bonds. The van der Waals surface area contributed by atoms with Gasteiger partial charge in [0.25, 0.3) is 0 Å². The van der Waals surface area contributed by atoms with Crippen LogP contribution < -0.4 is 0 Å². The fourth-order valence-electron chi connectivity index (χ4n) is 1.77. The Morgan fingerprint density at radius 1 is 1.44 bits per heavy atom. The van der Waals surface area contributed by atoms with Crippen molar-refractivity contribution in [3.05, 3.63) is 44.8 Å². The number of carbonyl (C=O) groups is 1. The largest absolute Gasteiger partial charge is 0.287 e. The zero-order valence-corrected chi connectivity index (χ0v) is 12.5. The molecule has 0 unspecified atom stereocenters. The molecule has 0 saturated carbocycles. The van der Waals surface area contributed by atoms with Crippen molar-refractivity contribution in [1.82, 2.24) is 15.0 Å². The van der Waals surface area contributed by atoms with Gasteiger partial charge in [0.15, 0.2) is 0 Å². The molecule has 0 fully saturated rings. The van der Waals surface area contributed by atoms with E-state index in [9.17, 15) is 4.79 Å². The van der Waals surface area contributed by atoms with Crippen molar-refractivity contribution in [3.8, 4) is 0 Å². The number of hydrogen-bond acceptors (Lipinski definition) is 3. The Morgan fingerprint density at radius 3 is 2.94 bits per heavy atom. The number of aryl methyl sites for hydroxylation is 2. The lowest BCUT2D eigenvalue weighted by atomic mass is 10.1. The van der Waals surface area contributed by atoms with E-state index < -0.39 is 0 Å². The van der Waals surface area contributed by atoms with Crippen molar-refractivity contribution in [2.24, 2.45) is 0 Å². The fraction of sp³-hybridized carbons (Fsp3) is 0.308. The molecule has 0 atom stereocenters. The molecule has 0 N–H and O–H groups in total. The number of rotatable bonds is 4. The molecule has 1 heterocycles. The van der Waals surface area contributed by atoms with Crippen molar-refractivity contribution in [3.63, 3.8) is 0 Å². The van der Waals surface area contributed by atoms with Crippen molar-refractivity contribution in [2.75, 3.05) is 0 Å². The molecular weight excluding hydrogens is 341 g/mol. The molecule has 1 aromatic carbocycles. The Balaban J connectivity index is 2.42. The average Bonchev–Trinajstić information content (AvgIpc) is 2.80. The molecule has 4 nitrogen and oxygen atoms in total. The van der Waals surface area contributed by atoms with E-state index in [1.54, 1.807) is 4.68 Å². The highest BCUT2D eigenvalue weighted by molar-refractivity contribution is 14.1. The first kappa shape index (κ1) is 13.2. The first-order valence-electron chi connectivity index (χ1n) is 5.83. The second kappa shape index (κ2) is 5.60. The van der Waals surface area contributed by atoms with Crippen molar-refractivity contribution >= 4 is 28.4 Å². The van der Waals surface area contributed by atoms with E-state index in [4.69, 9.17) is 0 Å². The molecule has 94 valence electrons. The molecular formula is C13H14IN3O. The molecule has 0 spiro atoms. The van der Waals surface area contributed by atoms with Gasteiger partial charge in [0.05, 0.1) is 6.20 Å². The minimum absolute atomic E-state index is 0.0125. The smallest absolute Gasteiger partial charge is 0.213 e. The summed E-state index contributed by atoms with van der Waals surface area (Å²) in [4.78, 5) is 12.5. The normalized spacial score (nSPS) is 10.6. The lowest BCUT2D eigenvalue weighted by molar-refractivity contribution is 0.102. The van der Waals surface area contributed by atoms with Crippen molar-refractivity contribution in [1.29, 1.82) is 0 Å². The molecule has 0 radical (unpaired) electrons. The summed E-state index contributed by atoms with van der Waals surface area (Å²) in [6.07, 6.45) is 2.46. The molecule has 2 aromatic rings. The van der Waals surface area contributed by atoms with Crippen LogP contribution in [0.25, 0.3) is 0 Å². The van der Waals surface area contributed by atoms with Crippen LogP contribution in [0.5, 0.6) is 0 Å². The summed E-state index contributed by atoms with van der Waals surface area (Å²) in [6, 6.07) is 5.75. The first-order valence-corrected chi connectivity index (χ1v) is 6.91. The number of aromatic nitrogens is 3. The zero-order chi connectivity index (χ0) is 13.1. The Bertz CT molecular complexity index is 577. The summed E-state index contributed by atoms with van der Waals surface area (Å²) < 4.78 is 2.66. The molecule has 5 heteroatoms. The summed E-state index contributed by atoms with van der Waals surface area (Å²) in [6.45, 7) is 4.76. The quantitative estimate of drug-likeness (QED) is 0.626. The summed E-state index contributed by atoms with van der Waals surface area (Å²) in [5.74, 6) is -0.0125. The predicted octanol–water partition coefficient (Wildman–Crippen LogP) is 2.83. The Morgan fingerprint density at radius 2 is 2.22 bits per heavy atom. The number of carbonyl (C=O) groups excluding carboxylic acids is 1. The van der Waals surface area contributed by atoms with Gasteiger partial charge in [-0.3, -0.25) is 4.79 Å². The van der Waals surface area contributed by atoms with Gasteiger partial charge in [-0.15, -0.1) is 5.10 Å². The maximum absolute atomic E-state index is 12.5. The predicted molar refractivity (Wildman–Crippen MR) is 77.6 cm³/mol. The number of hydrogen-bond donors (Lipinski definition) is 0. The molecule has 0 aliphatic heterocycles. The van der Waals surface area contributed by atoms with Gasteiger partial charge in [-0.25, -0.2) is 4.68 Å². The van der Waals surface area contributed by atoms with E-state index >= 15 is 0 Å². The average molecular weight is 355 g/mol. The van der Waals surface area contributed by atoms with Crippen LogP contribution in [0, 0.1) is 10.5 Å². The third kappa shape index (κ3) is 2.45. The highest BCUT2D eigenvalue weighted by atomic mass is 127. The molecule has 0 aliphatic carbocycles. The van der Waals surface area contributed by atoms with Gasteiger partial charge < -0.3 is 0 Å². The monoisotopic (exact) mass is 355 g/mol. The lowest BCUT2D eigenvalue weighted by Gasteiger charge is -2.07. The number of benzene rings is 1. The minimum Gasteiger partial charge on any atom is -0.287 e. The van der Waals surface area contributed by atoms with Gasteiger partial charge in [-0.05, 0) is 47.6 Å². The highest BCUT2D eigenvalue weighted by Crippen LogP contribution is 2.19. The zero-order valence-electron chi connectivity index (χ0n) is 10.4. The van der Waals surface area contributed by atoms with Gasteiger partial charge in [-0.2, -0.15) is 0 Å². The van der Waals surface area contributed by atoms with Crippen LogP contribution in [0.15, 0.2) is 24.4 Å². The van der Waals surface area contributed by atoms with Gasteiger partial charge in [0.2, 0.25) is 5.78 Å². The molecule has 2 rings (SSSR count). The second-order valence-corrected chi connectivity index (χ2v) is 5.19. The second-order valence-electron chi connectivity index (χ2n) is 4.11. The third-order valence-corrected chi connectivity index (χ3v) is 4.15. The number of halogens is 1.